The molecule has 5 aromatic rings. The summed E-state index contributed by atoms with van der Waals surface area (Å²) < 4.78 is 32.5. The van der Waals surface area contributed by atoms with E-state index in [2.05, 4.69) is 20.5 Å². The Morgan fingerprint density at radius 3 is 1.83 bits per heavy atom. The Morgan fingerprint density at radius 2 is 1.29 bits per heavy atom. The highest BCUT2D eigenvalue weighted by atomic mass is 32.2. The van der Waals surface area contributed by atoms with E-state index in [4.69, 9.17) is 5.73 Å². The van der Waals surface area contributed by atoms with Gasteiger partial charge in [-0.05, 0) is 47.9 Å². The zero-order valence-electron chi connectivity index (χ0n) is 21.2. The van der Waals surface area contributed by atoms with Crippen LogP contribution in [0.2, 0.25) is 0 Å². The number of nitrogen functional groups attached to an aromatic ring is 1. The second-order valence-corrected chi connectivity index (χ2v) is 10.4. The first-order valence-corrected chi connectivity index (χ1v) is 13.4. The molecular weight excluding hydrogens is 566 g/mol. The van der Waals surface area contributed by atoms with Gasteiger partial charge in [0.2, 0.25) is 0 Å². The van der Waals surface area contributed by atoms with Crippen molar-refractivity contribution in [3.8, 4) is 5.75 Å². The van der Waals surface area contributed by atoms with Crippen molar-refractivity contribution in [3.63, 3.8) is 0 Å². The van der Waals surface area contributed by atoms with E-state index >= 15 is 0 Å². The minimum atomic E-state index is -4.57. The molecule has 0 aromatic heterocycles. The third kappa shape index (κ3) is 5.47. The van der Waals surface area contributed by atoms with E-state index in [1.165, 1.54) is 30.3 Å². The number of aromatic carboxylic acids is 2. The SMILES string of the molecule is Nc1ccc2cc(S(=O)(=O)O)cc(O)c2c1N=Nc1ccc(N=Nc2cc(C(=O)O)cc(C(=O)O)c2)c2ccccc12. The standard InChI is InChI=1S/C28H19N5O8S/c29-21-6-5-14-12-18(42(39,40)41)13-24(34)25(14)26(21)33-32-23-8-7-22(19-3-1-2-4-20(19)23)31-30-17-10-15(27(35)36)9-16(11-17)28(37)38/h1-13,34H,29H2,(H,35,36)(H,37,38)(H,39,40,41). The number of rotatable bonds is 7. The molecule has 0 radical (unpaired) electrons. The number of carbonyl (C=O) groups is 2. The van der Waals surface area contributed by atoms with Crippen molar-refractivity contribution >= 4 is 72.0 Å². The van der Waals surface area contributed by atoms with Gasteiger partial charge in [-0.15, -0.1) is 15.3 Å². The van der Waals surface area contributed by atoms with Gasteiger partial charge in [-0.2, -0.15) is 13.5 Å². The zero-order chi connectivity index (χ0) is 30.2. The van der Waals surface area contributed by atoms with E-state index in [0.717, 1.165) is 12.1 Å². The van der Waals surface area contributed by atoms with Gasteiger partial charge in [0, 0.05) is 16.8 Å². The maximum absolute atomic E-state index is 11.6. The Labute approximate surface area is 236 Å². The molecule has 0 amide bonds. The molecular formula is C28H19N5O8S. The van der Waals surface area contributed by atoms with Crippen LogP contribution in [0.5, 0.6) is 5.75 Å². The van der Waals surface area contributed by atoms with Crippen LogP contribution in [0, 0.1) is 0 Å². The third-order valence-electron chi connectivity index (χ3n) is 6.19. The first-order valence-electron chi connectivity index (χ1n) is 11.9. The normalized spacial score (nSPS) is 12.0. The third-order valence-corrected chi connectivity index (χ3v) is 7.02. The number of nitrogens with two attached hydrogens (primary N) is 1. The molecule has 0 fully saturated rings. The molecule has 0 heterocycles. The second kappa shape index (κ2) is 10.7. The van der Waals surface area contributed by atoms with Crippen LogP contribution >= 0.6 is 0 Å². The largest absolute Gasteiger partial charge is 0.507 e. The Kier molecular flexibility index (Phi) is 7.08. The number of carboxylic acid groups (broad SMARTS) is 2. The molecule has 0 aliphatic heterocycles. The number of hydrogen-bond acceptors (Lipinski definition) is 10. The second-order valence-electron chi connectivity index (χ2n) is 8.95. The number of carboxylic acids is 2. The maximum atomic E-state index is 11.6. The van der Waals surface area contributed by atoms with Crippen molar-refractivity contribution in [2.75, 3.05) is 5.73 Å². The van der Waals surface area contributed by atoms with Gasteiger partial charge in [0.1, 0.15) is 11.4 Å². The van der Waals surface area contributed by atoms with Gasteiger partial charge in [-0.1, -0.05) is 30.3 Å². The van der Waals surface area contributed by atoms with Crippen LogP contribution in [0.4, 0.5) is 28.4 Å². The van der Waals surface area contributed by atoms with Crippen LogP contribution < -0.4 is 5.73 Å². The van der Waals surface area contributed by atoms with E-state index in [-0.39, 0.29) is 39.0 Å². The van der Waals surface area contributed by atoms with Crippen LogP contribution in [0.15, 0.2) is 104 Å². The van der Waals surface area contributed by atoms with Crippen molar-refractivity contribution in [3.05, 3.63) is 90.0 Å². The fourth-order valence-corrected chi connectivity index (χ4v) is 4.78. The van der Waals surface area contributed by atoms with Crippen molar-refractivity contribution in [2.24, 2.45) is 20.5 Å². The summed E-state index contributed by atoms with van der Waals surface area (Å²) in [7, 11) is -4.57. The minimum Gasteiger partial charge on any atom is -0.507 e. The first kappa shape index (κ1) is 27.8. The van der Waals surface area contributed by atoms with Crippen molar-refractivity contribution in [1.82, 2.24) is 0 Å². The number of hydrogen-bond donors (Lipinski definition) is 5. The molecule has 6 N–H and O–H groups in total. The van der Waals surface area contributed by atoms with Crippen molar-refractivity contribution in [2.45, 2.75) is 4.90 Å². The molecule has 42 heavy (non-hydrogen) atoms. The van der Waals surface area contributed by atoms with Gasteiger partial charge in [0.05, 0.1) is 44.2 Å². The van der Waals surface area contributed by atoms with Gasteiger partial charge in [0.25, 0.3) is 10.1 Å². The van der Waals surface area contributed by atoms with Crippen LogP contribution in [-0.4, -0.2) is 40.2 Å². The minimum absolute atomic E-state index is 0.0311. The molecule has 0 spiro atoms. The average Bonchev–Trinajstić information content (AvgIpc) is 2.95. The summed E-state index contributed by atoms with van der Waals surface area (Å²) in [5.74, 6) is -3.09. The summed E-state index contributed by atoms with van der Waals surface area (Å²) in [4.78, 5) is 22.3. The molecule has 0 saturated carbocycles. The zero-order valence-corrected chi connectivity index (χ0v) is 22.0. The van der Waals surface area contributed by atoms with Crippen LogP contribution in [-0.2, 0) is 10.1 Å². The van der Waals surface area contributed by atoms with Crippen molar-refractivity contribution in [1.29, 1.82) is 0 Å². The molecule has 14 heteroatoms. The van der Waals surface area contributed by atoms with Gasteiger partial charge >= 0.3 is 11.9 Å². The molecule has 5 rings (SSSR count). The summed E-state index contributed by atoms with van der Waals surface area (Å²) >= 11 is 0. The number of benzene rings is 5. The van der Waals surface area contributed by atoms with E-state index in [9.17, 15) is 37.9 Å². The number of aromatic hydroxyl groups is 1. The first-order chi connectivity index (χ1) is 19.9. The molecule has 5 aromatic carbocycles. The lowest BCUT2D eigenvalue weighted by Crippen LogP contribution is -2.01. The topological polar surface area (TPSA) is 225 Å². The lowest BCUT2D eigenvalue weighted by Gasteiger charge is -2.09. The number of anilines is 1. The molecule has 0 saturated heterocycles. The highest BCUT2D eigenvalue weighted by Gasteiger charge is 2.17. The molecule has 0 atom stereocenters. The predicted molar refractivity (Wildman–Crippen MR) is 153 cm³/mol. The molecule has 13 nitrogen and oxygen atoms in total. The van der Waals surface area contributed by atoms with Crippen LogP contribution in [0.3, 0.4) is 0 Å². The lowest BCUT2D eigenvalue weighted by atomic mass is 10.1. The average molecular weight is 586 g/mol. The Morgan fingerprint density at radius 1 is 0.714 bits per heavy atom. The molecule has 210 valence electrons. The summed E-state index contributed by atoms with van der Waals surface area (Å²) in [5, 5.41) is 47.5. The molecule has 0 bridgehead atoms. The number of phenolic OH excluding ortho intramolecular Hbond substituents is 1. The molecule has 0 unspecified atom stereocenters. The van der Waals surface area contributed by atoms with Crippen molar-refractivity contribution < 1.29 is 37.9 Å². The van der Waals surface area contributed by atoms with Gasteiger partial charge in [-0.3, -0.25) is 4.55 Å². The van der Waals surface area contributed by atoms with E-state index in [0.29, 0.717) is 22.1 Å². The number of fused-ring (bicyclic) bond motifs is 2. The predicted octanol–water partition coefficient (Wildman–Crippen LogP) is 6.75. The molecule has 0 aliphatic rings. The Hall–Kier alpha value is -5.73. The summed E-state index contributed by atoms with van der Waals surface area (Å²) in [6.45, 7) is 0. The summed E-state index contributed by atoms with van der Waals surface area (Å²) in [6, 6.07) is 18.6. The van der Waals surface area contributed by atoms with Crippen LogP contribution in [0.25, 0.3) is 21.5 Å². The monoisotopic (exact) mass is 585 g/mol. The van der Waals surface area contributed by atoms with Gasteiger partial charge in [0.15, 0.2) is 0 Å². The molecule has 0 aliphatic carbocycles. The fourth-order valence-electron chi connectivity index (χ4n) is 4.24. The quantitative estimate of drug-likeness (QED) is 0.0771. The van der Waals surface area contributed by atoms with E-state index in [1.807, 2.05) is 0 Å². The Bertz CT molecular complexity index is 2080. The van der Waals surface area contributed by atoms with Gasteiger partial charge in [-0.25, -0.2) is 9.59 Å². The highest BCUT2D eigenvalue weighted by Crippen LogP contribution is 2.41. The lowest BCUT2D eigenvalue weighted by molar-refractivity contribution is 0.0696. The number of azo groups is 2. The smallest absolute Gasteiger partial charge is 0.335 e. The fraction of sp³-hybridized carbons (Fsp3) is 0. The van der Waals surface area contributed by atoms with Crippen LogP contribution in [0.1, 0.15) is 20.7 Å². The van der Waals surface area contributed by atoms with Gasteiger partial charge < -0.3 is 21.1 Å². The van der Waals surface area contributed by atoms with E-state index < -0.39 is 32.7 Å². The Balaban J connectivity index is 1.57. The van der Waals surface area contributed by atoms with E-state index in [1.54, 1.807) is 36.4 Å². The number of nitrogens with zero attached hydrogens (tertiary/aromatic N) is 4. The highest BCUT2D eigenvalue weighted by molar-refractivity contribution is 7.85. The summed E-state index contributed by atoms with van der Waals surface area (Å²) in [6.07, 6.45) is 0. The number of phenols is 1. The maximum Gasteiger partial charge on any atom is 0.335 e. The summed E-state index contributed by atoms with van der Waals surface area (Å²) in [5.41, 5.74) is 6.62.